The van der Waals surface area contributed by atoms with E-state index in [0.29, 0.717) is 52.8 Å². The molecular weight excluding hydrogens is 400 g/mol. The summed E-state index contributed by atoms with van der Waals surface area (Å²) in [4.78, 5) is 9.74. The molecule has 0 aliphatic carbocycles. The number of nitrogen functional groups attached to an aromatic ring is 1. The Morgan fingerprint density at radius 3 is 1.94 bits per heavy atom. The molecule has 6 N–H and O–H groups in total. The Bertz CT molecular complexity index is 942. The van der Waals surface area contributed by atoms with Gasteiger partial charge in [-0.2, -0.15) is 5.26 Å². The van der Waals surface area contributed by atoms with E-state index in [9.17, 15) is 10.1 Å². The Hall–Kier alpha value is -3.90. The highest BCUT2D eigenvalue weighted by Crippen LogP contribution is 2.40. The topological polar surface area (TPSA) is 156 Å². The maximum absolute atomic E-state index is 9.74. The molecular formula is C22H28N4O5. The lowest BCUT2D eigenvalue weighted by Crippen LogP contribution is -2.15. The molecule has 9 nitrogen and oxygen atoms in total. The van der Waals surface area contributed by atoms with Crippen LogP contribution in [0.2, 0.25) is 0 Å². The fourth-order valence-electron chi connectivity index (χ4n) is 2.57. The van der Waals surface area contributed by atoms with Crippen molar-refractivity contribution in [3.8, 4) is 29.1 Å². The molecule has 0 aliphatic rings. The van der Waals surface area contributed by atoms with E-state index in [2.05, 4.69) is 11.8 Å². The Morgan fingerprint density at radius 1 is 1.00 bits per heavy atom. The van der Waals surface area contributed by atoms with E-state index in [1.54, 1.807) is 37.5 Å². The molecule has 0 saturated carbocycles. The first-order chi connectivity index (χ1) is 14.8. The highest BCUT2D eigenvalue weighted by Gasteiger charge is 2.15. The van der Waals surface area contributed by atoms with Crippen LogP contribution < -0.4 is 36.1 Å². The number of anilines is 1. The van der Waals surface area contributed by atoms with E-state index < -0.39 is 0 Å². The number of rotatable bonds is 8. The number of hydrogen-bond donors (Lipinski definition) is 3. The minimum atomic E-state index is -0.336. The van der Waals surface area contributed by atoms with Crippen molar-refractivity contribution < 1.29 is 23.7 Å². The van der Waals surface area contributed by atoms with Gasteiger partial charge < -0.3 is 36.1 Å². The summed E-state index contributed by atoms with van der Waals surface area (Å²) in [7, 11) is 6.14. The molecule has 9 heteroatoms. The number of nitrogens with zero attached hydrogens (tertiary/aromatic N) is 1. The van der Waals surface area contributed by atoms with Crippen LogP contribution in [0.3, 0.4) is 0 Å². The predicted octanol–water partition coefficient (Wildman–Crippen LogP) is 2.19. The Balaban J connectivity index is 0.000000703. The van der Waals surface area contributed by atoms with Gasteiger partial charge in [-0.1, -0.05) is 6.07 Å². The molecule has 0 unspecified atom stereocenters. The van der Waals surface area contributed by atoms with Crippen molar-refractivity contribution in [3.05, 3.63) is 41.5 Å². The molecule has 2 aromatic carbocycles. The average Bonchev–Trinajstić information content (AvgIpc) is 2.76. The van der Waals surface area contributed by atoms with Crippen LogP contribution in [-0.4, -0.2) is 40.9 Å². The zero-order valence-corrected chi connectivity index (χ0v) is 18.1. The number of carbonyl (C=O) groups is 1. The fraction of sp³-hybridized carbons (Fsp3) is 0.273. The third-order valence-electron chi connectivity index (χ3n) is 4.05. The summed E-state index contributed by atoms with van der Waals surface area (Å²) in [6, 6.07) is 11.0. The van der Waals surface area contributed by atoms with E-state index in [0.717, 1.165) is 5.56 Å². The number of methoxy groups -OCH3 is 4. The SMILES string of the molecule is COc1ccc(/C=C(/C#N)c2cc(OC)c(OC)c(OC)c2)cc1N.NCCC(N)=O. The van der Waals surface area contributed by atoms with Crippen LogP contribution in [0.25, 0.3) is 11.6 Å². The molecule has 1 amide bonds. The number of benzene rings is 2. The van der Waals surface area contributed by atoms with Gasteiger partial charge in [0.2, 0.25) is 11.7 Å². The van der Waals surface area contributed by atoms with Crippen LogP contribution >= 0.6 is 0 Å². The van der Waals surface area contributed by atoms with Gasteiger partial charge in [0, 0.05) is 13.0 Å². The number of allylic oxidation sites excluding steroid dienone is 1. The van der Waals surface area contributed by atoms with E-state index >= 15 is 0 Å². The van der Waals surface area contributed by atoms with Gasteiger partial charge >= 0.3 is 0 Å². The second kappa shape index (κ2) is 12.6. The zero-order chi connectivity index (χ0) is 23.4. The summed E-state index contributed by atoms with van der Waals surface area (Å²) in [6.45, 7) is 0.356. The quantitative estimate of drug-likeness (QED) is 0.328. The second-order valence-electron chi connectivity index (χ2n) is 6.09. The minimum absolute atomic E-state index is 0.292. The van der Waals surface area contributed by atoms with Crippen molar-refractivity contribution >= 4 is 23.2 Å². The van der Waals surface area contributed by atoms with Crippen molar-refractivity contribution in [3.63, 3.8) is 0 Å². The van der Waals surface area contributed by atoms with Crippen LogP contribution in [0.4, 0.5) is 5.69 Å². The second-order valence-corrected chi connectivity index (χ2v) is 6.09. The maximum Gasteiger partial charge on any atom is 0.218 e. The zero-order valence-electron chi connectivity index (χ0n) is 18.1. The number of ether oxygens (including phenoxy) is 4. The largest absolute Gasteiger partial charge is 0.495 e. The lowest BCUT2D eigenvalue weighted by atomic mass is 10.0. The first kappa shape index (κ1) is 25.1. The number of nitrogens with two attached hydrogens (primary N) is 3. The molecule has 0 aliphatic heterocycles. The number of amides is 1. The highest BCUT2D eigenvalue weighted by molar-refractivity contribution is 5.91. The summed E-state index contributed by atoms with van der Waals surface area (Å²) < 4.78 is 21.1. The molecule has 0 saturated heterocycles. The monoisotopic (exact) mass is 428 g/mol. The molecule has 0 heterocycles. The van der Waals surface area contributed by atoms with E-state index in [4.69, 9.17) is 30.4 Å². The Labute approximate surface area is 181 Å². The lowest BCUT2D eigenvalue weighted by molar-refractivity contribution is -0.117. The van der Waals surface area contributed by atoms with Crippen LogP contribution in [0.1, 0.15) is 17.5 Å². The fourth-order valence-corrected chi connectivity index (χ4v) is 2.57. The van der Waals surface area contributed by atoms with Crippen LogP contribution in [0.15, 0.2) is 30.3 Å². The minimum Gasteiger partial charge on any atom is -0.495 e. The third kappa shape index (κ3) is 7.13. The van der Waals surface area contributed by atoms with Gasteiger partial charge in [0.1, 0.15) is 5.75 Å². The molecule has 0 radical (unpaired) electrons. The summed E-state index contributed by atoms with van der Waals surface area (Å²) in [5, 5.41) is 9.58. The van der Waals surface area contributed by atoms with Crippen molar-refractivity contribution in [2.24, 2.45) is 11.5 Å². The third-order valence-corrected chi connectivity index (χ3v) is 4.05. The number of primary amides is 1. The molecule has 0 fully saturated rings. The summed E-state index contributed by atoms with van der Waals surface area (Å²) in [6.07, 6.45) is 2.02. The Morgan fingerprint density at radius 2 is 1.58 bits per heavy atom. The molecule has 2 rings (SSSR count). The van der Waals surface area contributed by atoms with Gasteiger partial charge in [0.05, 0.1) is 45.8 Å². The van der Waals surface area contributed by atoms with E-state index in [1.165, 1.54) is 21.3 Å². The van der Waals surface area contributed by atoms with Crippen molar-refractivity contribution in [1.29, 1.82) is 5.26 Å². The smallest absolute Gasteiger partial charge is 0.218 e. The van der Waals surface area contributed by atoms with Crippen molar-refractivity contribution in [2.45, 2.75) is 6.42 Å². The summed E-state index contributed by atoms with van der Waals surface area (Å²) in [5.74, 6) is 1.68. The molecule has 166 valence electrons. The van der Waals surface area contributed by atoms with Gasteiger partial charge in [0.15, 0.2) is 11.5 Å². The molecule has 0 spiro atoms. The Kier molecular flexibility index (Phi) is 10.2. The van der Waals surface area contributed by atoms with Crippen LogP contribution in [0, 0.1) is 11.3 Å². The molecule has 2 aromatic rings. The first-order valence-corrected chi connectivity index (χ1v) is 9.19. The van der Waals surface area contributed by atoms with Gasteiger partial charge in [-0.25, -0.2) is 0 Å². The maximum atomic E-state index is 9.74. The number of nitriles is 1. The van der Waals surface area contributed by atoms with Gasteiger partial charge in [0.25, 0.3) is 0 Å². The number of hydrogen-bond acceptors (Lipinski definition) is 8. The molecule has 31 heavy (non-hydrogen) atoms. The highest BCUT2D eigenvalue weighted by atomic mass is 16.5. The standard InChI is InChI=1S/C19H20N2O4.C3H8N2O/c1-22-16-6-5-12(8-15(16)21)7-14(11-20)13-9-17(23-2)19(25-4)18(10-13)24-3;4-2-1-3(5)6/h5-10H,21H2,1-4H3;1-2,4H2,(H2,5,6)/b14-7-;. The van der Waals surface area contributed by atoms with Crippen LogP contribution in [0.5, 0.6) is 23.0 Å². The van der Waals surface area contributed by atoms with E-state index in [-0.39, 0.29) is 5.91 Å². The molecule has 0 bridgehead atoms. The molecule has 0 atom stereocenters. The van der Waals surface area contributed by atoms with E-state index in [1.807, 2.05) is 6.07 Å². The van der Waals surface area contributed by atoms with Gasteiger partial charge in [-0.15, -0.1) is 0 Å². The predicted molar refractivity (Wildman–Crippen MR) is 120 cm³/mol. The normalized spacial score (nSPS) is 10.3. The van der Waals surface area contributed by atoms with Crippen molar-refractivity contribution in [1.82, 2.24) is 0 Å². The van der Waals surface area contributed by atoms with Gasteiger partial charge in [-0.3, -0.25) is 4.79 Å². The van der Waals surface area contributed by atoms with Crippen LogP contribution in [-0.2, 0) is 4.79 Å². The summed E-state index contributed by atoms with van der Waals surface area (Å²) in [5.41, 5.74) is 17.9. The lowest BCUT2D eigenvalue weighted by Gasteiger charge is -2.14. The number of carbonyl (C=O) groups excluding carboxylic acids is 1. The average molecular weight is 428 g/mol. The van der Waals surface area contributed by atoms with Crippen molar-refractivity contribution in [2.75, 3.05) is 40.7 Å². The summed E-state index contributed by atoms with van der Waals surface area (Å²) >= 11 is 0. The first-order valence-electron chi connectivity index (χ1n) is 9.19. The van der Waals surface area contributed by atoms with Gasteiger partial charge in [-0.05, 0) is 41.5 Å². The molecule has 0 aromatic heterocycles.